The van der Waals surface area contributed by atoms with Gasteiger partial charge in [-0.05, 0) is 32.4 Å². The summed E-state index contributed by atoms with van der Waals surface area (Å²) in [4.78, 5) is 4.01. The fraction of sp³-hybridized carbons (Fsp3) is 0.583. The zero-order valence-corrected chi connectivity index (χ0v) is 11.1. The number of aromatic nitrogens is 1. The number of hydrogen-bond acceptors (Lipinski definition) is 4. The molecule has 5 heteroatoms. The molecule has 0 spiro atoms. The van der Waals surface area contributed by atoms with E-state index >= 15 is 0 Å². The van der Waals surface area contributed by atoms with Crippen LogP contribution in [0, 0.1) is 0 Å². The van der Waals surface area contributed by atoms with Gasteiger partial charge in [-0.25, -0.2) is 4.98 Å². The largest absolute Gasteiger partial charge is 0.474 e. The maximum absolute atomic E-state index is 8.90. The third-order valence-electron chi connectivity index (χ3n) is 1.90. The molecule has 0 aliphatic carbocycles. The van der Waals surface area contributed by atoms with Gasteiger partial charge in [0.2, 0.25) is 5.88 Å². The van der Waals surface area contributed by atoms with Crippen LogP contribution in [0.3, 0.4) is 0 Å². The Morgan fingerprint density at radius 1 is 1.35 bits per heavy atom. The molecule has 1 heterocycles. The summed E-state index contributed by atoms with van der Waals surface area (Å²) in [7, 11) is 0. The normalized spacial score (nSPS) is 11.6. The fourth-order valence-electron chi connectivity index (χ4n) is 1.14. The summed E-state index contributed by atoms with van der Waals surface area (Å²) in [6, 6.07) is 1.63. The Balaban J connectivity index is 2.42. The minimum Gasteiger partial charge on any atom is -0.474 e. The predicted octanol–water partition coefficient (Wildman–Crippen LogP) is 2.42. The van der Waals surface area contributed by atoms with Gasteiger partial charge >= 0.3 is 0 Å². The second-order valence-corrected chi connectivity index (χ2v) is 5.01. The Kier molecular flexibility index (Phi) is 5.18. The first-order valence-electron chi connectivity index (χ1n) is 5.44. The lowest BCUT2D eigenvalue weighted by Crippen LogP contribution is -2.22. The number of hydrogen-bond donors (Lipinski definition) is 1. The number of nitrogens with zero attached hydrogens (tertiary/aromatic N) is 1. The molecular formula is C12H18ClNO3. The van der Waals surface area contributed by atoms with Crippen molar-refractivity contribution in [3.05, 3.63) is 22.8 Å². The molecule has 4 nitrogen and oxygen atoms in total. The first kappa shape index (κ1) is 14.2. The molecule has 0 atom stereocenters. The summed E-state index contributed by atoms with van der Waals surface area (Å²) < 4.78 is 10.9. The zero-order chi connectivity index (χ0) is 12.9. The van der Waals surface area contributed by atoms with Gasteiger partial charge in [0.25, 0.3) is 0 Å². The van der Waals surface area contributed by atoms with Gasteiger partial charge in [0.05, 0.1) is 18.8 Å². The van der Waals surface area contributed by atoms with E-state index in [0.717, 1.165) is 0 Å². The molecule has 0 bridgehead atoms. The molecule has 1 rings (SSSR count). The SMILES string of the molecule is CC(C)(C)OCCOc1ncc(CO)cc1Cl. The van der Waals surface area contributed by atoms with Crippen LogP contribution in [0.5, 0.6) is 5.88 Å². The van der Waals surface area contributed by atoms with Crippen LogP contribution < -0.4 is 4.74 Å². The third-order valence-corrected chi connectivity index (χ3v) is 2.17. The second kappa shape index (κ2) is 6.19. The molecular weight excluding hydrogens is 242 g/mol. The van der Waals surface area contributed by atoms with E-state index in [9.17, 15) is 0 Å². The number of halogens is 1. The quantitative estimate of drug-likeness (QED) is 0.825. The molecule has 0 radical (unpaired) electrons. The van der Waals surface area contributed by atoms with Gasteiger partial charge in [-0.1, -0.05) is 11.6 Å². The van der Waals surface area contributed by atoms with Gasteiger partial charge in [0, 0.05) is 6.20 Å². The maximum Gasteiger partial charge on any atom is 0.232 e. The highest BCUT2D eigenvalue weighted by Gasteiger charge is 2.10. The first-order chi connectivity index (χ1) is 7.92. The zero-order valence-electron chi connectivity index (χ0n) is 10.4. The number of aliphatic hydroxyl groups is 1. The Morgan fingerprint density at radius 3 is 2.59 bits per heavy atom. The Bertz CT molecular complexity index is 363. The fourth-order valence-corrected chi connectivity index (χ4v) is 1.39. The van der Waals surface area contributed by atoms with E-state index in [1.807, 2.05) is 20.8 Å². The molecule has 1 aromatic heterocycles. The number of ether oxygens (including phenoxy) is 2. The van der Waals surface area contributed by atoms with Crippen molar-refractivity contribution >= 4 is 11.6 Å². The van der Waals surface area contributed by atoms with E-state index in [-0.39, 0.29) is 12.2 Å². The Labute approximate surface area is 107 Å². The van der Waals surface area contributed by atoms with Crippen LogP contribution in [0.15, 0.2) is 12.3 Å². The second-order valence-electron chi connectivity index (χ2n) is 4.60. The van der Waals surface area contributed by atoms with Gasteiger partial charge in [0.1, 0.15) is 11.6 Å². The van der Waals surface area contributed by atoms with Gasteiger partial charge < -0.3 is 14.6 Å². The van der Waals surface area contributed by atoms with Crippen LogP contribution in [0.4, 0.5) is 0 Å². The summed E-state index contributed by atoms with van der Waals surface area (Å²) in [6.45, 7) is 6.72. The van der Waals surface area contributed by atoms with Gasteiger partial charge in [-0.3, -0.25) is 0 Å². The van der Waals surface area contributed by atoms with Crippen molar-refractivity contribution in [2.45, 2.75) is 33.0 Å². The molecule has 0 saturated carbocycles. The van der Waals surface area contributed by atoms with E-state index in [1.165, 1.54) is 6.20 Å². The van der Waals surface area contributed by atoms with Crippen LogP contribution in [-0.2, 0) is 11.3 Å². The standard InChI is InChI=1S/C12H18ClNO3/c1-12(2,3)17-5-4-16-11-10(13)6-9(8-15)7-14-11/h6-7,15H,4-5,8H2,1-3H3. The van der Waals surface area contributed by atoms with E-state index < -0.39 is 0 Å². The Morgan fingerprint density at radius 2 is 2.06 bits per heavy atom. The van der Waals surface area contributed by atoms with Crippen LogP contribution in [0.1, 0.15) is 26.3 Å². The molecule has 17 heavy (non-hydrogen) atoms. The molecule has 0 unspecified atom stereocenters. The molecule has 0 aliphatic rings. The summed E-state index contributed by atoms with van der Waals surface area (Å²) in [5, 5.41) is 9.29. The third kappa shape index (κ3) is 5.35. The summed E-state index contributed by atoms with van der Waals surface area (Å²) >= 11 is 5.94. The lowest BCUT2D eigenvalue weighted by atomic mass is 10.2. The molecule has 0 aliphatic heterocycles. The molecule has 1 aromatic rings. The minimum absolute atomic E-state index is 0.0832. The van der Waals surface area contributed by atoms with Crippen LogP contribution in [0.25, 0.3) is 0 Å². The van der Waals surface area contributed by atoms with Crippen LogP contribution in [0.2, 0.25) is 5.02 Å². The van der Waals surface area contributed by atoms with Gasteiger partial charge in [-0.2, -0.15) is 0 Å². The van der Waals surface area contributed by atoms with Crippen LogP contribution in [-0.4, -0.2) is 28.9 Å². The number of aliphatic hydroxyl groups excluding tert-OH is 1. The summed E-state index contributed by atoms with van der Waals surface area (Å²) in [5.74, 6) is 0.362. The minimum atomic E-state index is -0.179. The number of pyridine rings is 1. The maximum atomic E-state index is 8.90. The molecule has 0 aromatic carbocycles. The van der Waals surface area contributed by atoms with Crippen LogP contribution >= 0.6 is 11.6 Å². The number of rotatable bonds is 5. The molecule has 0 fully saturated rings. The average Bonchev–Trinajstić information content (AvgIpc) is 2.24. The lowest BCUT2D eigenvalue weighted by molar-refractivity contribution is -0.0168. The topological polar surface area (TPSA) is 51.6 Å². The predicted molar refractivity (Wildman–Crippen MR) is 66.4 cm³/mol. The molecule has 1 N–H and O–H groups in total. The molecule has 0 saturated heterocycles. The van der Waals surface area contributed by atoms with E-state index in [1.54, 1.807) is 6.07 Å². The highest BCUT2D eigenvalue weighted by molar-refractivity contribution is 6.31. The summed E-state index contributed by atoms with van der Waals surface area (Å²) in [5.41, 5.74) is 0.481. The van der Waals surface area contributed by atoms with Crippen molar-refractivity contribution in [3.8, 4) is 5.88 Å². The van der Waals surface area contributed by atoms with Crippen molar-refractivity contribution in [2.75, 3.05) is 13.2 Å². The molecule has 0 amide bonds. The van der Waals surface area contributed by atoms with Crippen molar-refractivity contribution in [1.29, 1.82) is 0 Å². The van der Waals surface area contributed by atoms with Crippen molar-refractivity contribution < 1.29 is 14.6 Å². The van der Waals surface area contributed by atoms with E-state index in [4.69, 9.17) is 26.2 Å². The first-order valence-corrected chi connectivity index (χ1v) is 5.82. The smallest absolute Gasteiger partial charge is 0.232 e. The van der Waals surface area contributed by atoms with Gasteiger partial charge in [-0.15, -0.1) is 0 Å². The van der Waals surface area contributed by atoms with Gasteiger partial charge in [0.15, 0.2) is 0 Å². The highest BCUT2D eigenvalue weighted by Crippen LogP contribution is 2.22. The van der Waals surface area contributed by atoms with E-state index in [2.05, 4.69) is 4.98 Å². The van der Waals surface area contributed by atoms with Crippen molar-refractivity contribution in [2.24, 2.45) is 0 Å². The van der Waals surface area contributed by atoms with E-state index in [0.29, 0.717) is 29.7 Å². The Hall–Kier alpha value is -0.840. The van der Waals surface area contributed by atoms with Crippen molar-refractivity contribution in [3.63, 3.8) is 0 Å². The van der Waals surface area contributed by atoms with Crippen molar-refractivity contribution in [1.82, 2.24) is 4.98 Å². The highest BCUT2D eigenvalue weighted by atomic mass is 35.5. The monoisotopic (exact) mass is 259 g/mol. The summed E-state index contributed by atoms with van der Waals surface area (Å²) in [6.07, 6.45) is 1.53. The average molecular weight is 260 g/mol. The lowest BCUT2D eigenvalue weighted by Gasteiger charge is -2.19. The molecule has 96 valence electrons.